The van der Waals surface area contributed by atoms with Crippen molar-refractivity contribution >= 4 is 56.3 Å². The molecule has 1 aliphatic rings. The van der Waals surface area contributed by atoms with Gasteiger partial charge in [0.15, 0.2) is 0 Å². The predicted molar refractivity (Wildman–Crippen MR) is 118 cm³/mol. The number of halogens is 1. The van der Waals surface area contributed by atoms with Crippen molar-refractivity contribution in [2.24, 2.45) is 5.73 Å². The van der Waals surface area contributed by atoms with Gasteiger partial charge in [-0.05, 0) is 29.5 Å². The summed E-state index contributed by atoms with van der Waals surface area (Å²) in [6.07, 6.45) is 0.532. The molecule has 3 aromatic rings. The standard InChI is InChI=1S/C20H21N3O2S2.ClH/c21-15(12-14-4-2-1-3-5-14)19(24)22-7-9-23(10-8-22)20(25)18-13-17-16(27-18)6-11-26-17;/h1-6,11,13,15H,7-10,12,21H2;1H/t15-;/m0./s1. The van der Waals surface area contributed by atoms with E-state index in [-0.39, 0.29) is 24.2 Å². The van der Waals surface area contributed by atoms with E-state index in [4.69, 9.17) is 5.73 Å². The zero-order valence-electron chi connectivity index (χ0n) is 15.2. The van der Waals surface area contributed by atoms with Crippen LogP contribution in [0, 0.1) is 0 Å². The van der Waals surface area contributed by atoms with Crippen LogP contribution in [-0.2, 0) is 11.2 Å². The molecule has 1 aliphatic heterocycles. The van der Waals surface area contributed by atoms with Gasteiger partial charge in [-0.1, -0.05) is 30.3 Å². The third-order valence-electron chi connectivity index (χ3n) is 4.84. The van der Waals surface area contributed by atoms with Crippen LogP contribution < -0.4 is 5.73 Å². The van der Waals surface area contributed by atoms with E-state index in [1.807, 2.05) is 52.7 Å². The summed E-state index contributed by atoms with van der Waals surface area (Å²) in [6.45, 7) is 2.17. The average Bonchev–Trinajstić information content (AvgIpc) is 3.30. The van der Waals surface area contributed by atoms with Gasteiger partial charge in [0.05, 0.1) is 10.9 Å². The summed E-state index contributed by atoms with van der Waals surface area (Å²) in [7, 11) is 0. The molecule has 5 nitrogen and oxygen atoms in total. The number of nitrogens with two attached hydrogens (primary N) is 1. The first kappa shape index (κ1) is 20.8. The van der Waals surface area contributed by atoms with E-state index in [2.05, 4.69) is 0 Å². The summed E-state index contributed by atoms with van der Waals surface area (Å²) < 4.78 is 2.31. The van der Waals surface area contributed by atoms with Crippen LogP contribution in [0.3, 0.4) is 0 Å². The van der Waals surface area contributed by atoms with Gasteiger partial charge < -0.3 is 15.5 Å². The highest BCUT2D eigenvalue weighted by atomic mass is 35.5. The fraction of sp³-hybridized carbons (Fsp3) is 0.300. The Kier molecular flexibility index (Phi) is 6.72. The van der Waals surface area contributed by atoms with Gasteiger partial charge in [0.25, 0.3) is 5.91 Å². The second-order valence-electron chi connectivity index (χ2n) is 6.67. The van der Waals surface area contributed by atoms with Crippen LogP contribution in [0.4, 0.5) is 0 Å². The third kappa shape index (κ3) is 4.38. The monoisotopic (exact) mass is 435 g/mol. The lowest BCUT2D eigenvalue weighted by Crippen LogP contribution is -2.54. The van der Waals surface area contributed by atoms with E-state index in [0.29, 0.717) is 32.6 Å². The van der Waals surface area contributed by atoms with Crippen molar-refractivity contribution in [3.63, 3.8) is 0 Å². The van der Waals surface area contributed by atoms with Crippen molar-refractivity contribution in [3.05, 3.63) is 58.3 Å². The van der Waals surface area contributed by atoms with Crippen molar-refractivity contribution in [2.45, 2.75) is 12.5 Å². The molecule has 28 heavy (non-hydrogen) atoms. The summed E-state index contributed by atoms with van der Waals surface area (Å²) >= 11 is 3.19. The third-order valence-corrected chi connectivity index (χ3v) is 6.93. The lowest BCUT2D eigenvalue weighted by Gasteiger charge is -2.35. The molecule has 1 fully saturated rings. The van der Waals surface area contributed by atoms with Crippen molar-refractivity contribution in [3.8, 4) is 0 Å². The Morgan fingerprint density at radius 1 is 1.00 bits per heavy atom. The Labute approximate surface area is 178 Å². The van der Waals surface area contributed by atoms with Crippen molar-refractivity contribution < 1.29 is 9.59 Å². The summed E-state index contributed by atoms with van der Waals surface area (Å²) in [5.41, 5.74) is 7.19. The van der Waals surface area contributed by atoms with E-state index >= 15 is 0 Å². The van der Waals surface area contributed by atoms with Gasteiger partial charge in [-0.25, -0.2) is 0 Å². The molecule has 2 amide bonds. The molecule has 0 aliphatic carbocycles. The topological polar surface area (TPSA) is 66.6 Å². The Morgan fingerprint density at radius 2 is 1.68 bits per heavy atom. The maximum absolute atomic E-state index is 12.7. The molecule has 2 N–H and O–H groups in total. The van der Waals surface area contributed by atoms with Crippen LogP contribution in [-0.4, -0.2) is 53.8 Å². The predicted octanol–water partition coefficient (Wildman–Crippen LogP) is 3.24. The van der Waals surface area contributed by atoms with Gasteiger partial charge in [0.1, 0.15) is 0 Å². The number of thiophene rings is 2. The highest BCUT2D eigenvalue weighted by Crippen LogP contribution is 2.30. The SMILES string of the molecule is Cl.N[C@@H](Cc1ccccc1)C(=O)N1CCN(C(=O)c2cc3sccc3s2)CC1. The van der Waals surface area contributed by atoms with E-state index in [0.717, 1.165) is 19.8 Å². The summed E-state index contributed by atoms with van der Waals surface area (Å²) in [5, 5.41) is 2.04. The smallest absolute Gasteiger partial charge is 0.264 e. The second kappa shape index (κ2) is 9.05. The first-order valence-corrected chi connectivity index (χ1v) is 10.7. The number of hydrogen-bond donors (Lipinski definition) is 1. The lowest BCUT2D eigenvalue weighted by molar-refractivity contribution is -0.134. The molecule has 1 saturated heterocycles. The number of nitrogens with zero attached hydrogens (tertiary/aromatic N) is 2. The van der Waals surface area contributed by atoms with Gasteiger partial charge >= 0.3 is 0 Å². The number of hydrogen-bond acceptors (Lipinski definition) is 5. The number of carbonyl (C=O) groups excluding carboxylic acids is 2. The molecular weight excluding hydrogens is 414 g/mol. The average molecular weight is 436 g/mol. The highest BCUT2D eigenvalue weighted by Gasteiger charge is 2.28. The molecule has 0 bridgehead atoms. The Bertz CT molecular complexity index is 920. The van der Waals surface area contributed by atoms with Gasteiger partial charge in [0, 0.05) is 35.6 Å². The highest BCUT2D eigenvalue weighted by molar-refractivity contribution is 7.27. The fourth-order valence-corrected chi connectivity index (χ4v) is 5.42. The Morgan fingerprint density at radius 3 is 2.36 bits per heavy atom. The van der Waals surface area contributed by atoms with Crippen LogP contribution in [0.15, 0.2) is 47.8 Å². The molecule has 1 atom stereocenters. The maximum atomic E-state index is 12.7. The molecule has 0 radical (unpaired) electrons. The van der Waals surface area contributed by atoms with Gasteiger partial charge in [-0.2, -0.15) is 0 Å². The molecule has 1 aromatic carbocycles. The first-order valence-electron chi connectivity index (χ1n) is 8.96. The first-order chi connectivity index (χ1) is 13.1. The fourth-order valence-electron chi connectivity index (χ4n) is 3.35. The van der Waals surface area contributed by atoms with Gasteiger partial charge in [0.2, 0.25) is 5.91 Å². The Balaban J connectivity index is 0.00000225. The molecule has 148 valence electrons. The van der Waals surface area contributed by atoms with Crippen molar-refractivity contribution in [1.82, 2.24) is 9.80 Å². The molecule has 3 heterocycles. The van der Waals surface area contributed by atoms with E-state index in [1.165, 1.54) is 11.3 Å². The van der Waals surface area contributed by atoms with Crippen LogP contribution >= 0.6 is 35.1 Å². The molecule has 8 heteroatoms. The van der Waals surface area contributed by atoms with E-state index < -0.39 is 6.04 Å². The zero-order valence-corrected chi connectivity index (χ0v) is 17.7. The summed E-state index contributed by atoms with van der Waals surface area (Å²) in [6, 6.07) is 13.3. The number of piperazine rings is 1. The summed E-state index contributed by atoms with van der Waals surface area (Å²) in [5.74, 6) is 0.0201. The maximum Gasteiger partial charge on any atom is 0.264 e. The quantitative estimate of drug-likeness (QED) is 0.684. The molecule has 0 saturated carbocycles. The minimum atomic E-state index is -0.543. The van der Waals surface area contributed by atoms with Gasteiger partial charge in [-0.15, -0.1) is 35.1 Å². The van der Waals surface area contributed by atoms with E-state index in [9.17, 15) is 9.59 Å². The molecule has 2 aromatic heterocycles. The number of carbonyl (C=O) groups is 2. The van der Waals surface area contributed by atoms with Crippen LogP contribution in [0.2, 0.25) is 0 Å². The minimum Gasteiger partial charge on any atom is -0.338 e. The molecular formula is C20H22ClN3O2S2. The zero-order chi connectivity index (χ0) is 18.8. The normalized spacial score (nSPS) is 15.3. The molecule has 0 unspecified atom stereocenters. The second-order valence-corrected chi connectivity index (χ2v) is 8.70. The van der Waals surface area contributed by atoms with Gasteiger partial charge in [-0.3, -0.25) is 9.59 Å². The number of benzene rings is 1. The number of amides is 2. The van der Waals surface area contributed by atoms with Crippen LogP contribution in [0.5, 0.6) is 0 Å². The van der Waals surface area contributed by atoms with Crippen molar-refractivity contribution in [2.75, 3.05) is 26.2 Å². The summed E-state index contributed by atoms with van der Waals surface area (Å²) in [4.78, 5) is 29.8. The molecule has 0 spiro atoms. The Hall–Kier alpha value is -1.93. The number of rotatable bonds is 4. The van der Waals surface area contributed by atoms with E-state index in [1.54, 1.807) is 16.2 Å². The van der Waals surface area contributed by atoms with Crippen LogP contribution in [0.1, 0.15) is 15.2 Å². The van der Waals surface area contributed by atoms with Crippen molar-refractivity contribution in [1.29, 1.82) is 0 Å². The van der Waals surface area contributed by atoms with Crippen LogP contribution in [0.25, 0.3) is 9.40 Å². The largest absolute Gasteiger partial charge is 0.338 e. The lowest BCUT2D eigenvalue weighted by atomic mass is 10.1. The molecule has 4 rings (SSSR count). The number of fused-ring (bicyclic) bond motifs is 1. The minimum absolute atomic E-state index is 0.